The van der Waals surface area contributed by atoms with Crippen molar-refractivity contribution in [2.45, 2.75) is 27.3 Å². The molecule has 0 bridgehead atoms. The van der Waals surface area contributed by atoms with Crippen LogP contribution in [0.3, 0.4) is 0 Å². The van der Waals surface area contributed by atoms with E-state index in [-0.39, 0.29) is 0 Å². The van der Waals surface area contributed by atoms with Crippen molar-refractivity contribution in [2.24, 2.45) is 9.98 Å². The molecule has 0 unspecified atom stereocenters. The molecule has 0 amide bonds. The Morgan fingerprint density at radius 1 is 0.812 bits per heavy atom. The Bertz CT molecular complexity index is 2260. The number of para-hydroxylation sites is 1. The number of aromatic nitrogens is 2. The summed E-state index contributed by atoms with van der Waals surface area (Å²) in [6.45, 7) is 14.5. The van der Waals surface area contributed by atoms with E-state index in [9.17, 15) is 0 Å². The number of hydrogen-bond donors (Lipinski definition) is 0. The minimum absolute atomic E-state index is 0.529. The Labute approximate surface area is 283 Å². The zero-order valence-corrected chi connectivity index (χ0v) is 27.8. The normalized spacial score (nSPS) is 12.9. The maximum Gasteiger partial charge on any atom is 0.0701 e. The van der Waals surface area contributed by atoms with Crippen LogP contribution in [0.5, 0.6) is 0 Å². The zero-order valence-electron chi connectivity index (χ0n) is 27.8. The number of hydrogen-bond acceptors (Lipinski definition) is 2. The largest absolute Gasteiger partial charge is 0.317 e. The number of rotatable bonds is 10. The Hall–Kier alpha value is -6.18. The van der Waals surface area contributed by atoms with Gasteiger partial charge in [-0.25, -0.2) is 0 Å². The molecule has 236 valence electrons. The summed E-state index contributed by atoms with van der Waals surface area (Å²) in [6, 6.07) is 34.4. The molecule has 6 aromatic rings. The predicted octanol–water partition coefficient (Wildman–Crippen LogP) is 11.1. The van der Waals surface area contributed by atoms with Gasteiger partial charge in [-0.2, -0.15) is 0 Å². The van der Waals surface area contributed by atoms with Crippen molar-refractivity contribution in [3.8, 4) is 18.5 Å². The highest BCUT2D eigenvalue weighted by Gasteiger charge is 2.16. The van der Waals surface area contributed by atoms with Crippen LogP contribution in [0.4, 0.5) is 0 Å². The van der Waals surface area contributed by atoms with Crippen molar-refractivity contribution >= 4 is 50.8 Å². The molecule has 4 nitrogen and oxygen atoms in total. The Balaban J connectivity index is 0.00000221. The third-order valence-electron chi connectivity index (χ3n) is 8.30. The quantitative estimate of drug-likeness (QED) is 0.0826. The molecule has 48 heavy (non-hydrogen) atoms. The molecule has 0 atom stereocenters. The summed E-state index contributed by atoms with van der Waals surface area (Å²) < 4.78 is 4.57. The van der Waals surface area contributed by atoms with E-state index in [2.05, 4.69) is 138 Å². The summed E-state index contributed by atoms with van der Waals surface area (Å²) >= 11 is 0. The van der Waals surface area contributed by atoms with Gasteiger partial charge in [0, 0.05) is 44.9 Å². The van der Waals surface area contributed by atoms with Crippen LogP contribution in [0, 0.1) is 12.8 Å². The fraction of sp³-hybridized carbons (Fsp3) is 0.0909. The molecule has 0 aliphatic rings. The van der Waals surface area contributed by atoms with Gasteiger partial charge >= 0.3 is 0 Å². The van der Waals surface area contributed by atoms with Crippen LogP contribution in [-0.4, -0.2) is 21.6 Å². The van der Waals surface area contributed by atoms with Crippen molar-refractivity contribution in [3.05, 3.63) is 169 Å². The highest BCUT2D eigenvalue weighted by atomic mass is 15.0. The van der Waals surface area contributed by atoms with Crippen LogP contribution in [0.1, 0.15) is 31.9 Å². The lowest BCUT2D eigenvalue weighted by atomic mass is 10.0. The van der Waals surface area contributed by atoms with Crippen LogP contribution in [-0.2, 0) is 6.54 Å². The SMILES string of the molecule is C#C.C=C/C(=C\C=C/C)n1ccc2cc3c(cc21)c1cc(CN=C(/C(C)=C(/C=C\C)N=C)c2ccccc2)ccc1n3-c1ccccc1. The van der Waals surface area contributed by atoms with E-state index < -0.39 is 0 Å². The average molecular weight is 625 g/mol. The Morgan fingerprint density at radius 3 is 2.19 bits per heavy atom. The summed E-state index contributed by atoms with van der Waals surface area (Å²) in [5, 5.41) is 3.56. The van der Waals surface area contributed by atoms with Crippen molar-refractivity contribution in [1.82, 2.24) is 9.13 Å². The molecular weight excluding hydrogens is 585 g/mol. The van der Waals surface area contributed by atoms with E-state index in [4.69, 9.17) is 4.99 Å². The maximum atomic E-state index is 5.19. The minimum Gasteiger partial charge on any atom is -0.317 e. The van der Waals surface area contributed by atoms with E-state index in [1.54, 1.807) is 0 Å². The molecule has 4 aromatic carbocycles. The topological polar surface area (TPSA) is 34.6 Å². The molecule has 6 rings (SSSR count). The second-order valence-corrected chi connectivity index (χ2v) is 11.2. The first-order valence-electron chi connectivity index (χ1n) is 15.9. The molecule has 0 saturated carbocycles. The smallest absolute Gasteiger partial charge is 0.0701 e. The summed E-state index contributed by atoms with van der Waals surface area (Å²) in [4.78, 5) is 9.48. The predicted molar refractivity (Wildman–Crippen MR) is 209 cm³/mol. The van der Waals surface area contributed by atoms with Gasteiger partial charge in [-0.3, -0.25) is 9.98 Å². The van der Waals surface area contributed by atoms with Crippen LogP contribution in [0.25, 0.3) is 44.1 Å². The lowest BCUT2D eigenvalue weighted by molar-refractivity contribution is 1.07. The maximum absolute atomic E-state index is 5.19. The molecule has 0 fully saturated rings. The molecular formula is C44H40N4. The van der Waals surface area contributed by atoms with Crippen molar-refractivity contribution in [3.63, 3.8) is 0 Å². The van der Waals surface area contributed by atoms with Gasteiger partial charge in [-0.15, -0.1) is 12.8 Å². The van der Waals surface area contributed by atoms with Gasteiger partial charge in [0.15, 0.2) is 0 Å². The van der Waals surface area contributed by atoms with Gasteiger partial charge in [0.25, 0.3) is 0 Å². The van der Waals surface area contributed by atoms with Gasteiger partial charge in [-0.05, 0) is 93.7 Å². The standard InChI is InChI=1S/C42H38N4.C2H2/c1-6-9-19-34(8-3)45-25-24-33-27-41-37(28-40(33)45)36-26-31(22-23-39(36)46(41)35-20-14-11-15-21-35)29-44-42(32-17-12-10-13-18-32)30(4)38(43-5)16-7-2;1-2/h6-28H,3,5,29H2,1-2,4H3;1-2H/b9-6-,16-7-,34-19+,38-30-,44-42?;. The molecule has 0 aliphatic heterocycles. The minimum atomic E-state index is 0.529. The van der Waals surface area contributed by atoms with Crippen molar-refractivity contribution < 1.29 is 0 Å². The first-order chi connectivity index (χ1) is 23.6. The van der Waals surface area contributed by atoms with Gasteiger partial charge in [0.1, 0.15) is 0 Å². The summed E-state index contributed by atoms with van der Waals surface area (Å²) in [7, 11) is 0. The molecule has 4 heteroatoms. The molecule has 0 spiro atoms. The van der Waals surface area contributed by atoms with Crippen molar-refractivity contribution in [1.29, 1.82) is 0 Å². The van der Waals surface area contributed by atoms with Crippen LogP contribution < -0.4 is 0 Å². The molecule has 0 N–H and O–H groups in total. The van der Waals surface area contributed by atoms with E-state index in [0.29, 0.717) is 6.54 Å². The second-order valence-electron chi connectivity index (χ2n) is 11.2. The first-order valence-corrected chi connectivity index (χ1v) is 15.9. The first kappa shape index (κ1) is 33.2. The van der Waals surface area contributed by atoms with E-state index >= 15 is 0 Å². The summed E-state index contributed by atoms with van der Waals surface area (Å²) in [5.41, 5.74) is 10.5. The summed E-state index contributed by atoms with van der Waals surface area (Å²) in [6.07, 6.45) is 22.1. The lowest BCUT2D eigenvalue weighted by Crippen LogP contribution is -2.06. The van der Waals surface area contributed by atoms with Gasteiger partial charge < -0.3 is 9.13 Å². The molecule has 0 radical (unpaired) electrons. The van der Waals surface area contributed by atoms with Crippen LogP contribution in [0.15, 0.2) is 168 Å². The summed E-state index contributed by atoms with van der Waals surface area (Å²) in [5.74, 6) is 0. The third kappa shape index (κ3) is 6.54. The number of terminal acetylenes is 1. The highest BCUT2D eigenvalue weighted by molar-refractivity contribution is 6.14. The average Bonchev–Trinajstić information content (AvgIpc) is 3.69. The number of nitrogens with zero attached hydrogens (tertiary/aromatic N) is 4. The number of fused-ring (bicyclic) bond motifs is 4. The van der Waals surface area contributed by atoms with Gasteiger partial charge in [-0.1, -0.05) is 79.4 Å². The Morgan fingerprint density at radius 2 is 1.52 bits per heavy atom. The number of aliphatic imine (C=N–C) groups is 2. The second kappa shape index (κ2) is 15.4. The highest BCUT2D eigenvalue weighted by Crippen LogP contribution is 2.36. The van der Waals surface area contributed by atoms with Crippen molar-refractivity contribution in [2.75, 3.05) is 0 Å². The fourth-order valence-corrected chi connectivity index (χ4v) is 6.08. The van der Waals surface area contributed by atoms with E-state index in [1.165, 1.54) is 21.7 Å². The molecule has 0 aliphatic carbocycles. The van der Waals surface area contributed by atoms with Crippen LogP contribution >= 0.6 is 0 Å². The molecule has 2 aromatic heterocycles. The number of benzene rings is 4. The molecule has 2 heterocycles. The monoisotopic (exact) mass is 624 g/mol. The lowest BCUT2D eigenvalue weighted by Gasteiger charge is -2.11. The number of allylic oxidation sites excluding steroid dienone is 8. The fourth-order valence-electron chi connectivity index (χ4n) is 6.08. The Kier molecular flexibility index (Phi) is 10.7. The molecule has 0 saturated heterocycles. The third-order valence-corrected chi connectivity index (χ3v) is 8.30. The van der Waals surface area contributed by atoms with E-state index in [1.807, 2.05) is 62.4 Å². The van der Waals surface area contributed by atoms with Gasteiger partial charge in [0.2, 0.25) is 0 Å². The van der Waals surface area contributed by atoms with E-state index in [0.717, 1.165) is 50.5 Å². The zero-order chi connectivity index (χ0) is 34.0. The van der Waals surface area contributed by atoms with Gasteiger partial charge in [0.05, 0.1) is 34.5 Å². The van der Waals surface area contributed by atoms with Crippen LogP contribution in [0.2, 0.25) is 0 Å².